The summed E-state index contributed by atoms with van der Waals surface area (Å²) >= 11 is 0. The van der Waals surface area contributed by atoms with E-state index in [1.807, 2.05) is 31.2 Å². The minimum atomic E-state index is -0.00284. The van der Waals surface area contributed by atoms with Crippen molar-refractivity contribution >= 4 is 17.0 Å². The van der Waals surface area contributed by atoms with Gasteiger partial charge in [-0.2, -0.15) is 4.74 Å². The Hall–Kier alpha value is -2.75. The highest BCUT2D eigenvalue weighted by atomic mass is 16.5. The van der Waals surface area contributed by atoms with Crippen LogP contribution in [0.25, 0.3) is 17.0 Å². The second-order valence-electron chi connectivity index (χ2n) is 7.49. The number of aryl methyl sites for hydroxylation is 2. The fourth-order valence-electron chi connectivity index (χ4n) is 3.78. The average molecular weight is 362 g/mol. The van der Waals surface area contributed by atoms with Gasteiger partial charge in [-0.15, -0.1) is 0 Å². The van der Waals surface area contributed by atoms with Crippen molar-refractivity contribution < 1.29 is 4.52 Å². The fraction of sp³-hybridized carbons (Fsp3) is 0.348. The number of piperidine rings is 1. The molecule has 0 radical (unpaired) electrons. The van der Waals surface area contributed by atoms with E-state index in [0.717, 1.165) is 37.9 Å². The molecule has 0 atom stereocenters. The van der Waals surface area contributed by atoms with Crippen molar-refractivity contribution in [3.05, 3.63) is 76.2 Å². The van der Waals surface area contributed by atoms with E-state index in [2.05, 4.69) is 41.4 Å². The van der Waals surface area contributed by atoms with Crippen LogP contribution in [-0.2, 0) is 6.54 Å². The first-order chi connectivity index (χ1) is 13.2. The molecule has 1 aliphatic heterocycles. The minimum Gasteiger partial charge on any atom is -0.377 e. The van der Waals surface area contributed by atoms with Crippen molar-refractivity contribution in [3.63, 3.8) is 0 Å². The Morgan fingerprint density at radius 1 is 1.11 bits per heavy atom. The van der Waals surface area contributed by atoms with Gasteiger partial charge in [-0.1, -0.05) is 42.0 Å². The third-order valence-corrected chi connectivity index (χ3v) is 5.47. The second-order valence-corrected chi connectivity index (χ2v) is 7.49. The Kier molecular flexibility index (Phi) is 5.14. The van der Waals surface area contributed by atoms with E-state index in [4.69, 9.17) is 4.52 Å². The van der Waals surface area contributed by atoms with Crippen molar-refractivity contribution in [2.45, 2.75) is 32.7 Å². The zero-order valence-electron chi connectivity index (χ0n) is 15.8. The van der Waals surface area contributed by atoms with Crippen LogP contribution in [0.2, 0.25) is 0 Å². The average Bonchev–Trinajstić information content (AvgIpc) is 3.02. The summed E-state index contributed by atoms with van der Waals surface area (Å²) in [5.74, 6) is 0.647. The quantitative estimate of drug-likeness (QED) is 0.662. The Bertz CT molecular complexity index is 977. The van der Waals surface area contributed by atoms with Gasteiger partial charge in [-0.3, -0.25) is 4.79 Å². The Labute approximate surface area is 159 Å². The summed E-state index contributed by atoms with van der Waals surface area (Å²) in [5, 5.41) is 0.691. The summed E-state index contributed by atoms with van der Waals surface area (Å²) in [6.07, 6.45) is 7.70. The third-order valence-electron chi connectivity index (χ3n) is 5.47. The van der Waals surface area contributed by atoms with Crippen LogP contribution in [0.5, 0.6) is 0 Å². The SMILES string of the molecule is Cc1ccc2on(CCC3CCN(/C=C/c4ccccc4)CC3)c(=O)c2c1. The lowest BCUT2D eigenvalue weighted by atomic mass is 9.94. The van der Waals surface area contributed by atoms with E-state index < -0.39 is 0 Å². The maximum Gasteiger partial charge on any atom is 0.290 e. The molecule has 3 aromatic rings. The molecule has 1 aliphatic rings. The number of fused-ring (bicyclic) bond motifs is 1. The highest BCUT2D eigenvalue weighted by molar-refractivity contribution is 5.76. The van der Waals surface area contributed by atoms with Gasteiger partial charge in [0, 0.05) is 13.1 Å². The second kappa shape index (κ2) is 7.87. The fourth-order valence-corrected chi connectivity index (χ4v) is 3.78. The van der Waals surface area contributed by atoms with Crippen molar-refractivity contribution in [1.82, 2.24) is 9.64 Å². The van der Waals surface area contributed by atoms with Gasteiger partial charge in [0.1, 0.15) is 0 Å². The van der Waals surface area contributed by atoms with Crippen LogP contribution in [0.15, 0.2) is 64.0 Å². The summed E-state index contributed by atoms with van der Waals surface area (Å²) in [7, 11) is 0. The molecule has 140 valence electrons. The molecule has 1 saturated heterocycles. The first-order valence-corrected chi connectivity index (χ1v) is 9.77. The van der Waals surface area contributed by atoms with E-state index in [0.29, 0.717) is 23.4 Å². The van der Waals surface area contributed by atoms with E-state index in [9.17, 15) is 4.79 Å². The molecule has 1 aromatic heterocycles. The Morgan fingerprint density at radius 3 is 2.67 bits per heavy atom. The zero-order valence-corrected chi connectivity index (χ0v) is 15.8. The molecule has 4 rings (SSSR count). The highest BCUT2D eigenvalue weighted by Gasteiger charge is 2.18. The molecule has 0 bridgehead atoms. The van der Waals surface area contributed by atoms with Crippen molar-refractivity contribution in [1.29, 1.82) is 0 Å². The van der Waals surface area contributed by atoms with E-state index in [1.165, 1.54) is 10.3 Å². The molecule has 0 spiro atoms. The van der Waals surface area contributed by atoms with Gasteiger partial charge in [0.05, 0.1) is 11.9 Å². The van der Waals surface area contributed by atoms with Crippen LogP contribution < -0.4 is 5.56 Å². The van der Waals surface area contributed by atoms with Crippen LogP contribution in [0.3, 0.4) is 0 Å². The number of benzene rings is 2. The monoisotopic (exact) mass is 362 g/mol. The van der Waals surface area contributed by atoms with Gasteiger partial charge in [-0.25, -0.2) is 0 Å². The number of hydrogen-bond acceptors (Lipinski definition) is 3. The van der Waals surface area contributed by atoms with Gasteiger partial charge in [0.15, 0.2) is 5.58 Å². The molecule has 4 nitrogen and oxygen atoms in total. The van der Waals surface area contributed by atoms with Gasteiger partial charge >= 0.3 is 0 Å². The Balaban J connectivity index is 1.30. The smallest absolute Gasteiger partial charge is 0.290 e. The number of hydrogen-bond donors (Lipinski definition) is 0. The normalized spacial score (nSPS) is 15.8. The molecule has 0 saturated carbocycles. The van der Waals surface area contributed by atoms with Crippen LogP contribution in [0.4, 0.5) is 0 Å². The maximum atomic E-state index is 12.5. The summed E-state index contributed by atoms with van der Waals surface area (Å²) in [6.45, 7) is 4.80. The molecular weight excluding hydrogens is 336 g/mol. The molecule has 0 N–H and O–H groups in total. The maximum absolute atomic E-state index is 12.5. The lowest BCUT2D eigenvalue weighted by Crippen LogP contribution is -2.30. The van der Waals surface area contributed by atoms with Gasteiger partial charge in [0.2, 0.25) is 0 Å². The summed E-state index contributed by atoms with van der Waals surface area (Å²) in [4.78, 5) is 14.9. The molecule has 0 aliphatic carbocycles. The van der Waals surface area contributed by atoms with Gasteiger partial charge in [-0.05, 0) is 62.1 Å². The summed E-state index contributed by atoms with van der Waals surface area (Å²) < 4.78 is 7.27. The van der Waals surface area contributed by atoms with Crippen LogP contribution >= 0.6 is 0 Å². The van der Waals surface area contributed by atoms with Crippen LogP contribution in [0, 0.1) is 12.8 Å². The highest BCUT2D eigenvalue weighted by Crippen LogP contribution is 2.22. The molecule has 0 amide bonds. The summed E-state index contributed by atoms with van der Waals surface area (Å²) in [6, 6.07) is 16.2. The largest absolute Gasteiger partial charge is 0.377 e. The molecule has 4 heteroatoms. The summed E-state index contributed by atoms with van der Waals surface area (Å²) in [5.41, 5.74) is 3.01. The van der Waals surface area contributed by atoms with E-state index >= 15 is 0 Å². The van der Waals surface area contributed by atoms with E-state index in [-0.39, 0.29) is 5.56 Å². The molecule has 2 aromatic carbocycles. The molecule has 1 fully saturated rings. The zero-order chi connectivity index (χ0) is 18.6. The number of likely N-dealkylation sites (tertiary alicyclic amines) is 1. The van der Waals surface area contributed by atoms with Crippen LogP contribution in [-0.4, -0.2) is 22.7 Å². The third kappa shape index (κ3) is 4.16. The standard InChI is InChI=1S/C23H26N2O2/c1-18-7-8-22-21(17-18)23(26)25(27-22)16-12-20-10-14-24(15-11-20)13-9-19-5-3-2-4-6-19/h2-9,13,17,20H,10-12,14-16H2,1H3/b13-9+. The number of rotatable bonds is 5. The van der Waals surface area contributed by atoms with Gasteiger partial charge in [0.25, 0.3) is 5.56 Å². The van der Waals surface area contributed by atoms with Crippen molar-refractivity contribution in [2.75, 3.05) is 13.1 Å². The van der Waals surface area contributed by atoms with Gasteiger partial charge < -0.3 is 9.42 Å². The van der Waals surface area contributed by atoms with Crippen LogP contribution in [0.1, 0.15) is 30.4 Å². The van der Waals surface area contributed by atoms with E-state index in [1.54, 1.807) is 0 Å². The number of aromatic nitrogens is 1. The molecule has 0 unspecified atom stereocenters. The lowest BCUT2D eigenvalue weighted by Gasteiger charge is -2.31. The van der Waals surface area contributed by atoms with Crippen molar-refractivity contribution in [3.8, 4) is 0 Å². The number of nitrogens with zero attached hydrogens (tertiary/aromatic N) is 2. The molecule has 27 heavy (non-hydrogen) atoms. The topological polar surface area (TPSA) is 38.4 Å². The molecule has 2 heterocycles. The van der Waals surface area contributed by atoms with Crippen molar-refractivity contribution in [2.24, 2.45) is 5.92 Å². The predicted molar refractivity (Wildman–Crippen MR) is 110 cm³/mol. The molecular formula is C23H26N2O2. The Morgan fingerprint density at radius 2 is 1.89 bits per heavy atom. The first-order valence-electron chi connectivity index (χ1n) is 9.77. The lowest BCUT2D eigenvalue weighted by molar-refractivity contribution is 0.203. The predicted octanol–water partition coefficient (Wildman–Crippen LogP) is 4.68. The first kappa shape index (κ1) is 17.7. The minimum absolute atomic E-state index is 0.00284.